The van der Waals surface area contributed by atoms with Gasteiger partial charge < -0.3 is 19.1 Å². The van der Waals surface area contributed by atoms with Crippen LogP contribution in [-0.4, -0.2) is 64.0 Å². The van der Waals surface area contributed by atoms with E-state index in [-0.39, 0.29) is 11.7 Å². The van der Waals surface area contributed by atoms with Crippen molar-refractivity contribution in [2.75, 3.05) is 27.3 Å². The van der Waals surface area contributed by atoms with E-state index in [0.717, 1.165) is 11.1 Å². The maximum atomic E-state index is 13.9. The van der Waals surface area contributed by atoms with Gasteiger partial charge >= 0.3 is 17.8 Å². The van der Waals surface area contributed by atoms with Crippen LogP contribution in [0.5, 0.6) is 5.75 Å². The lowest BCUT2D eigenvalue weighted by Gasteiger charge is -2.24. The standard InChI is InChI=1S/C30H32N4O6/c1-30(2,3)40-29(37)32-15-14-23(18-32)34-26-25(16-24(38-4)17-31-26)33(28(34)36)22-12-10-20(11-13-22)19-6-8-21(9-7-19)27(35)39-5/h6-13,16-17,23H,14-15,18H2,1-5H3/t23-/m0/s1. The highest BCUT2D eigenvalue weighted by Crippen LogP contribution is 2.29. The van der Waals surface area contributed by atoms with Gasteiger partial charge in [0, 0.05) is 19.2 Å². The summed E-state index contributed by atoms with van der Waals surface area (Å²) in [5.41, 5.74) is 3.26. The summed E-state index contributed by atoms with van der Waals surface area (Å²) < 4.78 is 19.0. The molecule has 1 amide bonds. The maximum Gasteiger partial charge on any atom is 0.410 e. The first-order valence-corrected chi connectivity index (χ1v) is 13.0. The van der Waals surface area contributed by atoms with Crippen LogP contribution in [0.1, 0.15) is 43.6 Å². The van der Waals surface area contributed by atoms with Crippen molar-refractivity contribution in [3.05, 3.63) is 76.8 Å². The van der Waals surface area contributed by atoms with E-state index in [0.29, 0.717) is 47.7 Å². The maximum absolute atomic E-state index is 13.9. The fourth-order valence-electron chi connectivity index (χ4n) is 4.93. The highest BCUT2D eigenvalue weighted by Gasteiger charge is 2.33. The van der Waals surface area contributed by atoms with E-state index in [1.807, 2.05) is 57.2 Å². The Bertz CT molecular complexity index is 1610. The van der Waals surface area contributed by atoms with Crippen molar-refractivity contribution in [1.82, 2.24) is 19.0 Å². The summed E-state index contributed by atoms with van der Waals surface area (Å²) in [6, 6.07) is 16.3. The Labute approximate surface area is 231 Å². The first kappa shape index (κ1) is 27.0. The molecule has 1 aliphatic rings. The number of carbonyl (C=O) groups is 2. The van der Waals surface area contributed by atoms with Gasteiger partial charge in [0.25, 0.3) is 0 Å². The van der Waals surface area contributed by atoms with Crippen LogP contribution in [0.2, 0.25) is 0 Å². The zero-order valence-corrected chi connectivity index (χ0v) is 23.2. The van der Waals surface area contributed by atoms with Crippen molar-refractivity contribution in [3.8, 4) is 22.6 Å². The molecule has 1 aliphatic heterocycles. The molecule has 2 aromatic heterocycles. The molecule has 0 spiro atoms. The minimum atomic E-state index is -0.601. The number of hydrogen-bond acceptors (Lipinski definition) is 7. The third kappa shape index (κ3) is 5.16. The van der Waals surface area contributed by atoms with E-state index in [4.69, 9.17) is 14.2 Å². The highest BCUT2D eigenvalue weighted by molar-refractivity contribution is 5.90. The second-order valence-electron chi connectivity index (χ2n) is 10.7. The normalized spacial score (nSPS) is 15.3. The van der Waals surface area contributed by atoms with Crippen LogP contribution in [0, 0.1) is 0 Å². The lowest BCUT2D eigenvalue weighted by molar-refractivity contribution is 0.0288. The molecule has 0 N–H and O–H groups in total. The summed E-state index contributed by atoms with van der Waals surface area (Å²) in [7, 11) is 2.90. The second kappa shape index (κ2) is 10.5. The van der Waals surface area contributed by atoms with E-state index in [2.05, 4.69) is 4.98 Å². The molecule has 0 saturated carbocycles. The smallest absolute Gasteiger partial charge is 0.410 e. The number of rotatable bonds is 5. The van der Waals surface area contributed by atoms with Crippen molar-refractivity contribution < 1.29 is 23.8 Å². The number of esters is 1. The Morgan fingerprint density at radius 2 is 1.62 bits per heavy atom. The molecule has 5 rings (SSSR count). The van der Waals surface area contributed by atoms with Gasteiger partial charge in [0.05, 0.1) is 43.2 Å². The van der Waals surface area contributed by atoms with Crippen molar-refractivity contribution in [2.24, 2.45) is 0 Å². The molecule has 0 radical (unpaired) electrons. The Hall–Kier alpha value is -4.60. The van der Waals surface area contributed by atoms with Gasteiger partial charge in [-0.2, -0.15) is 0 Å². The van der Waals surface area contributed by atoms with E-state index in [1.54, 1.807) is 45.5 Å². The van der Waals surface area contributed by atoms with E-state index >= 15 is 0 Å². The molecule has 1 saturated heterocycles. The van der Waals surface area contributed by atoms with Gasteiger partial charge in [0.2, 0.25) is 0 Å². The summed E-state index contributed by atoms with van der Waals surface area (Å²) in [6.45, 7) is 6.32. The number of nitrogens with zero attached hydrogens (tertiary/aromatic N) is 4. The number of ether oxygens (including phenoxy) is 3. The van der Waals surface area contributed by atoms with Crippen molar-refractivity contribution in [3.63, 3.8) is 0 Å². The number of likely N-dealkylation sites (tertiary alicyclic amines) is 1. The minimum Gasteiger partial charge on any atom is -0.495 e. The summed E-state index contributed by atoms with van der Waals surface area (Å²) >= 11 is 0. The molecular formula is C30H32N4O6. The Morgan fingerprint density at radius 1 is 0.975 bits per heavy atom. The second-order valence-corrected chi connectivity index (χ2v) is 10.7. The minimum absolute atomic E-state index is 0.248. The Balaban J connectivity index is 1.50. The Kier molecular flexibility index (Phi) is 7.10. The molecule has 0 unspecified atom stereocenters. The molecule has 3 heterocycles. The van der Waals surface area contributed by atoms with Gasteiger partial charge in [0.15, 0.2) is 5.65 Å². The monoisotopic (exact) mass is 544 g/mol. The molecule has 40 heavy (non-hydrogen) atoms. The number of carbonyl (C=O) groups excluding carboxylic acids is 2. The van der Waals surface area contributed by atoms with Crippen LogP contribution in [-0.2, 0) is 9.47 Å². The largest absolute Gasteiger partial charge is 0.495 e. The lowest BCUT2D eigenvalue weighted by Crippen LogP contribution is -2.36. The fraction of sp³-hybridized carbons (Fsp3) is 0.333. The molecule has 1 atom stereocenters. The zero-order valence-electron chi connectivity index (χ0n) is 23.2. The van der Waals surface area contributed by atoms with Gasteiger partial charge in [-0.1, -0.05) is 24.3 Å². The highest BCUT2D eigenvalue weighted by atomic mass is 16.6. The first-order valence-electron chi connectivity index (χ1n) is 13.0. The van der Waals surface area contributed by atoms with Crippen molar-refractivity contribution in [1.29, 1.82) is 0 Å². The molecule has 208 valence electrons. The average molecular weight is 545 g/mol. The van der Waals surface area contributed by atoms with E-state index in [1.165, 1.54) is 7.11 Å². The number of benzene rings is 2. The van der Waals surface area contributed by atoms with Crippen LogP contribution in [0.15, 0.2) is 65.6 Å². The van der Waals surface area contributed by atoms with Crippen LogP contribution in [0.3, 0.4) is 0 Å². The zero-order chi connectivity index (χ0) is 28.6. The number of aromatic nitrogens is 3. The molecule has 1 fully saturated rings. The molecule has 10 nitrogen and oxygen atoms in total. The topological polar surface area (TPSA) is 105 Å². The lowest BCUT2D eigenvalue weighted by atomic mass is 10.0. The number of methoxy groups -OCH3 is 2. The van der Waals surface area contributed by atoms with E-state index in [9.17, 15) is 14.4 Å². The summed E-state index contributed by atoms with van der Waals surface area (Å²) in [5, 5.41) is 0. The van der Waals surface area contributed by atoms with Gasteiger partial charge in [0.1, 0.15) is 11.4 Å². The predicted octanol–water partition coefficient (Wildman–Crippen LogP) is 4.83. The van der Waals surface area contributed by atoms with Gasteiger partial charge in [-0.25, -0.2) is 19.4 Å². The number of fused-ring (bicyclic) bond motifs is 1. The van der Waals surface area contributed by atoms with Crippen LogP contribution in [0.25, 0.3) is 28.0 Å². The van der Waals surface area contributed by atoms with Gasteiger partial charge in [-0.05, 0) is 62.6 Å². The molecule has 0 aliphatic carbocycles. The Morgan fingerprint density at radius 3 is 2.23 bits per heavy atom. The first-order chi connectivity index (χ1) is 19.1. The number of hydrogen-bond donors (Lipinski definition) is 0. The van der Waals surface area contributed by atoms with Gasteiger partial charge in [-0.15, -0.1) is 0 Å². The number of pyridine rings is 1. The SMILES string of the molecule is COC(=O)c1ccc(-c2ccc(-n3c(=O)n([C@H]4CCN(C(=O)OC(C)(C)C)C4)c4ncc(OC)cc43)cc2)cc1. The summed E-state index contributed by atoms with van der Waals surface area (Å²) in [4.78, 5) is 44.6. The fourth-order valence-corrected chi connectivity index (χ4v) is 4.93. The molecule has 10 heteroatoms. The van der Waals surface area contributed by atoms with Crippen LogP contribution >= 0.6 is 0 Å². The third-order valence-corrected chi connectivity index (χ3v) is 6.87. The van der Waals surface area contributed by atoms with Gasteiger partial charge in [-0.3, -0.25) is 9.13 Å². The van der Waals surface area contributed by atoms with Crippen molar-refractivity contribution >= 4 is 23.2 Å². The molecule has 0 bridgehead atoms. The quantitative estimate of drug-likeness (QED) is 0.331. The third-order valence-electron chi connectivity index (χ3n) is 6.87. The molecule has 2 aromatic carbocycles. The van der Waals surface area contributed by atoms with Crippen molar-refractivity contribution in [2.45, 2.75) is 38.8 Å². The average Bonchev–Trinajstić information content (AvgIpc) is 3.53. The number of imidazole rings is 1. The molecular weight excluding hydrogens is 512 g/mol. The van der Waals surface area contributed by atoms with Crippen LogP contribution < -0.4 is 10.4 Å². The van der Waals surface area contributed by atoms with Crippen LogP contribution in [0.4, 0.5) is 4.79 Å². The van der Waals surface area contributed by atoms with E-state index < -0.39 is 17.7 Å². The predicted molar refractivity (Wildman–Crippen MR) is 150 cm³/mol. The summed E-state index contributed by atoms with van der Waals surface area (Å²) in [6.07, 6.45) is 1.80. The number of amides is 1. The summed E-state index contributed by atoms with van der Waals surface area (Å²) in [5.74, 6) is 0.140. The molecule has 4 aromatic rings.